The quantitative estimate of drug-likeness (QED) is 0.746. The first-order valence-electron chi connectivity index (χ1n) is 8.95. The number of halogens is 3. The van der Waals surface area contributed by atoms with Crippen molar-refractivity contribution in [3.05, 3.63) is 46.3 Å². The Kier molecular flexibility index (Phi) is 7.09. The summed E-state index contributed by atoms with van der Waals surface area (Å²) >= 11 is 6.05. The number of hydrogen-bond acceptors (Lipinski definition) is 3. The summed E-state index contributed by atoms with van der Waals surface area (Å²) in [5.74, 6) is -3.69. The van der Waals surface area contributed by atoms with Crippen molar-refractivity contribution in [3.63, 3.8) is 0 Å². The highest BCUT2D eigenvalue weighted by Gasteiger charge is 2.42. The molecule has 5 nitrogen and oxygen atoms in total. The molecule has 1 aromatic carbocycles. The number of benzene rings is 1. The van der Waals surface area contributed by atoms with E-state index in [4.69, 9.17) is 11.6 Å². The predicted octanol–water partition coefficient (Wildman–Crippen LogP) is 4.40. The van der Waals surface area contributed by atoms with Crippen LogP contribution < -0.4 is 5.32 Å². The van der Waals surface area contributed by atoms with E-state index in [1.54, 1.807) is 31.2 Å². The minimum Gasteiger partial charge on any atom is -0.332 e. The monoisotopic (exact) mass is 434 g/mol. The lowest BCUT2D eigenvalue weighted by Gasteiger charge is -2.41. The van der Waals surface area contributed by atoms with Crippen LogP contribution in [-0.2, 0) is 9.84 Å². The molecule has 0 aliphatic carbocycles. The third-order valence-corrected chi connectivity index (χ3v) is 5.67. The lowest BCUT2D eigenvalue weighted by molar-refractivity contribution is -0.0686. The van der Waals surface area contributed by atoms with Crippen molar-refractivity contribution in [2.75, 3.05) is 12.8 Å². The minimum absolute atomic E-state index is 0.116. The molecule has 0 spiro atoms. The Hall–Kier alpha value is -1.67. The number of piperidine rings is 1. The van der Waals surface area contributed by atoms with E-state index in [1.807, 2.05) is 0 Å². The first-order chi connectivity index (χ1) is 12.9. The molecule has 156 valence electrons. The zero-order valence-corrected chi connectivity index (χ0v) is 17.6. The standard InChI is InChI=1S/C19H25ClF2N2O3S/c1-13(8-10-28(3,26)27)23-18(25)24-9-7-15(19(2,21)22)12-17(24)14-5-4-6-16(20)11-14/h4-6,8,10-11,13,15,17H,7,9,12H2,1-3H3,(H,23,25)/b10-8+/t13?,15-,17+/m0/s1. The van der Waals surface area contributed by atoms with Gasteiger partial charge in [0.05, 0.1) is 6.04 Å². The Morgan fingerprint density at radius 1 is 1.43 bits per heavy atom. The van der Waals surface area contributed by atoms with E-state index in [0.29, 0.717) is 10.6 Å². The summed E-state index contributed by atoms with van der Waals surface area (Å²) in [5, 5.41) is 4.19. The van der Waals surface area contributed by atoms with Crippen LogP contribution in [0.1, 0.15) is 38.3 Å². The van der Waals surface area contributed by atoms with Crippen molar-refractivity contribution < 1.29 is 22.0 Å². The molecule has 0 saturated carbocycles. The van der Waals surface area contributed by atoms with Gasteiger partial charge in [0.2, 0.25) is 5.92 Å². The van der Waals surface area contributed by atoms with Crippen LogP contribution in [0.5, 0.6) is 0 Å². The molecule has 1 unspecified atom stereocenters. The van der Waals surface area contributed by atoms with Crippen molar-refractivity contribution >= 4 is 27.5 Å². The molecule has 1 heterocycles. The number of nitrogens with zero attached hydrogens (tertiary/aromatic N) is 1. The van der Waals surface area contributed by atoms with Crippen molar-refractivity contribution in [1.82, 2.24) is 10.2 Å². The second-order valence-corrected chi connectivity index (χ2v) is 9.71. The highest BCUT2D eigenvalue weighted by molar-refractivity contribution is 7.93. The van der Waals surface area contributed by atoms with E-state index in [2.05, 4.69) is 5.32 Å². The molecule has 28 heavy (non-hydrogen) atoms. The van der Waals surface area contributed by atoms with Crippen molar-refractivity contribution in [2.45, 2.75) is 44.7 Å². The van der Waals surface area contributed by atoms with Crippen LogP contribution in [0.3, 0.4) is 0 Å². The van der Waals surface area contributed by atoms with Crippen LogP contribution in [0.25, 0.3) is 0 Å². The van der Waals surface area contributed by atoms with Crippen LogP contribution in [-0.4, -0.2) is 44.1 Å². The number of amides is 2. The van der Waals surface area contributed by atoms with Gasteiger partial charge in [-0.3, -0.25) is 0 Å². The molecule has 3 atom stereocenters. The number of likely N-dealkylation sites (tertiary alicyclic amines) is 1. The average Bonchev–Trinajstić information content (AvgIpc) is 2.58. The highest BCUT2D eigenvalue weighted by Crippen LogP contribution is 2.41. The average molecular weight is 435 g/mol. The lowest BCUT2D eigenvalue weighted by atomic mass is 9.84. The maximum atomic E-state index is 13.9. The smallest absolute Gasteiger partial charge is 0.318 e. The highest BCUT2D eigenvalue weighted by atomic mass is 35.5. The van der Waals surface area contributed by atoms with Gasteiger partial charge in [-0.15, -0.1) is 0 Å². The molecule has 1 saturated heterocycles. The third-order valence-electron chi connectivity index (χ3n) is 4.78. The van der Waals surface area contributed by atoms with Crippen LogP contribution >= 0.6 is 11.6 Å². The Morgan fingerprint density at radius 3 is 2.68 bits per heavy atom. The second-order valence-electron chi connectivity index (χ2n) is 7.34. The number of urea groups is 1. The summed E-state index contributed by atoms with van der Waals surface area (Å²) < 4.78 is 50.3. The van der Waals surface area contributed by atoms with Gasteiger partial charge < -0.3 is 10.2 Å². The summed E-state index contributed by atoms with van der Waals surface area (Å²) in [6, 6.07) is 5.33. The van der Waals surface area contributed by atoms with Crippen LogP contribution in [0.2, 0.25) is 5.02 Å². The second kappa shape index (κ2) is 8.78. The normalized spacial score (nSPS) is 22.3. The summed E-state index contributed by atoms with van der Waals surface area (Å²) in [4.78, 5) is 14.3. The first kappa shape index (κ1) is 22.6. The van der Waals surface area contributed by atoms with Crippen molar-refractivity contribution in [1.29, 1.82) is 0 Å². The van der Waals surface area contributed by atoms with E-state index >= 15 is 0 Å². The molecule has 2 rings (SSSR count). The molecule has 2 amide bonds. The number of nitrogens with one attached hydrogen (secondary N) is 1. The van der Waals surface area contributed by atoms with Gasteiger partial charge in [0.15, 0.2) is 9.84 Å². The summed E-state index contributed by atoms with van der Waals surface area (Å²) in [6.45, 7) is 2.71. The fourth-order valence-electron chi connectivity index (χ4n) is 3.29. The minimum atomic E-state index is -3.31. The van der Waals surface area contributed by atoms with E-state index < -0.39 is 39.8 Å². The maximum absolute atomic E-state index is 13.9. The van der Waals surface area contributed by atoms with Crippen molar-refractivity contribution in [3.8, 4) is 0 Å². The molecule has 1 aromatic rings. The number of hydrogen-bond donors (Lipinski definition) is 1. The van der Waals surface area contributed by atoms with Gasteiger partial charge in [0.1, 0.15) is 0 Å². The number of carbonyl (C=O) groups excluding carboxylic acids is 1. The molecule has 0 aromatic heterocycles. The van der Waals surface area contributed by atoms with Crippen LogP contribution in [0.4, 0.5) is 13.6 Å². The topological polar surface area (TPSA) is 66.5 Å². The Balaban J connectivity index is 2.22. The van der Waals surface area contributed by atoms with Gasteiger partial charge in [0, 0.05) is 35.2 Å². The van der Waals surface area contributed by atoms with E-state index in [0.717, 1.165) is 18.6 Å². The zero-order chi connectivity index (χ0) is 21.1. The number of rotatable bonds is 5. The zero-order valence-electron chi connectivity index (χ0n) is 16.0. The SMILES string of the molecule is CC(/C=C/S(C)(=O)=O)NC(=O)N1CC[C@H](C(C)(F)F)C[C@@H]1c1cccc(Cl)c1. The molecule has 1 fully saturated rings. The first-order valence-corrected chi connectivity index (χ1v) is 11.3. The molecule has 1 aliphatic heterocycles. The number of alkyl halides is 2. The Bertz CT molecular complexity index is 840. The van der Waals surface area contributed by atoms with Gasteiger partial charge in [-0.05, 0) is 44.4 Å². The van der Waals surface area contributed by atoms with Gasteiger partial charge in [-0.1, -0.05) is 29.8 Å². The largest absolute Gasteiger partial charge is 0.332 e. The molecular weight excluding hydrogens is 410 g/mol. The van der Waals surface area contributed by atoms with Crippen molar-refractivity contribution in [2.24, 2.45) is 5.92 Å². The molecule has 1 aliphatic rings. The van der Waals surface area contributed by atoms with E-state index in [9.17, 15) is 22.0 Å². The van der Waals surface area contributed by atoms with Gasteiger partial charge in [-0.25, -0.2) is 22.0 Å². The van der Waals surface area contributed by atoms with Crippen LogP contribution in [0.15, 0.2) is 35.7 Å². The van der Waals surface area contributed by atoms with Crippen LogP contribution in [0, 0.1) is 5.92 Å². The summed E-state index contributed by atoms with van der Waals surface area (Å²) in [7, 11) is -3.31. The van der Waals surface area contributed by atoms with Gasteiger partial charge in [0.25, 0.3) is 0 Å². The van der Waals surface area contributed by atoms with E-state index in [-0.39, 0.29) is 19.4 Å². The summed E-state index contributed by atoms with van der Waals surface area (Å²) in [6.07, 6.45) is 2.73. The Morgan fingerprint density at radius 2 is 2.11 bits per heavy atom. The lowest BCUT2D eigenvalue weighted by Crippen LogP contribution is -2.50. The summed E-state index contributed by atoms with van der Waals surface area (Å²) in [5.41, 5.74) is 0.691. The maximum Gasteiger partial charge on any atom is 0.318 e. The Labute approximate surface area is 169 Å². The number of sulfone groups is 1. The molecule has 0 radical (unpaired) electrons. The third kappa shape index (κ3) is 6.44. The number of carbonyl (C=O) groups is 1. The fourth-order valence-corrected chi connectivity index (χ4v) is 4.00. The molecule has 1 N–H and O–H groups in total. The molecular formula is C19H25ClF2N2O3S. The fraction of sp³-hybridized carbons (Fsp3) is 0.526. The van der Waals surface area contributed by atoms with E-state index in [1.165, 1.54) is 11.0 Å². The molecule has 9 heteroatoms. The predicted molar refractivity (Wildman–Crippen MR) is 106 cm³/mol. The molecule has 0 bridgehead atoms. The van der Waals surface area contributed by atoms with Gasteiger partial charge >= 0.3 is 6.03 Å². The van der Waals surface area contributed by atoms with Gasteiger partial charge in [-0.2, -0.15) is 0 Å².